The highest BCUT2D eigenvalue weighted by Gasteiger charge is 2.38. The Bertz CT molecular complexity index is 1530. The smallest absolute Gasteiger partial charge is 0.480 e. The molecule has 0 radical (unpaired) electrons. The fourth-order valence-corrected chi connectivity index (χ4v) is 6.00. The maximum Gasteiger partial charge on any atom is 0.490 e. The Balaban J connectivity index is 0.00000126. The van der Waals surface area contributed by atoms with Crippen LogP contribution < -0.4 is 27.0 Å². The van der Waals surface area contributed by atoms with E-state index < -0.39 is 66.1 Å². The van der Waals surface area contributed by atoms with E-state index in [1.54, 1.807) is 20.0 Å². The molecule has 0 aliphatic heterocycles. The van der Waals surface area contributed by atoms with Gasteiger partial charge in [0.25, 0.3) is 0 Å². The number of H-pyrrole nitrogens is 1. The molecule has 0 bridgehead atoms. The number of hydrogen-bond donors (Lipinski definition) is 8. The summed E-state index contributed by atoms with van der Waals surface area (Å²) in [5, 5.41) is 28.4. The number of esters is 1. The molecule has 9 N–H and O–H groups in total. The Morgan fingerprint density at radius 2 is 1.53 bits per heavy atom. The van der Waals surface area contributed by atoms with Crippen molar-refractivity contribution in [2.75, 3.05) is 13.7 Å². The molecule has 1 aliphatic carbocycles. The summed E-state index contributed by atoms with van der Waals surface area (Å²) in [4.78, 5) is 76.9. The van der Waals surface area contributed by atoms with E-state index in [0.717, 1.165) is 48.6 Å². The van der Waals surface area contributed by atoms with Gasteiger partial charge in [-0.15, -0.1) is 0 Å². The molecule has 18 heteroatoms. The van der Waals surface area contributed by atoms with E-state index in [4.69, 9.17) is 20.4 Å². The molecule has 1 aliphatic rings. The SMILES string of the molecule is COC(=O)[C@H](Cc1c[nH]c2ccccc12)NC(=O)[C@@H](NC(=O)[C@@H](CC1CCCCC1)NC(=O)N[C@@H](CCCCN)C(=O)O)C(C)C.O=C(O)C(F)(F)F. The van der Waals surface area contributed by atoms with Crippen LogP contribution in [0.25, 0.3) is 10.9 Å². The number of unbranched alkanes of at least 4 members (excludes halogenated alkanes) is 1. The maximum absolute atomic E-state index is 13.7. The lowest BCUT2D eigenvalue weighted by atomic mass is 9.84. The van der Waals surface area contributed by atoms with Crippen LogP contribution in [0.1, 0.15) is 77.2 Å². The fourth-order valence-electron chi connectivity index (χ4n) is 6.00. The number of aromatic amines is 1. The molecule has 4 amide bonds. The molecule has 1 heterocycles. The van der Waals surface area contributed by atoms with Gasteiger partial charge in [0, 0.05) is 23.5 Å². The first-order chi connectivity index (χ1) is 25.0. The zero-order valence-corrected chi connectivity index (χ0v) is 30.1. The lowest BCUT2D eigenvalue weighted by molar-refractivity contribution is -0.192. The lowest BCUT2D eigenvalue weighted by Crippen LogP contribution is -2.59. The number of carboxylic acids is 2. The van der Waals surface area contributed by atoms with Gasteiger partial charge in [0.1, 0.15) is 24.2 Å². The van der Waals surface area contributed by atoms with E-state index >= 15 is 0 Å². The van der Waals surface area contributed by atoms with Crippen molar-refractivity contribution in [3.8, 4) is 0 Å². The van der Waals surface area contributed by atoms with Crippen LogP contribution in [0, 0.1) is 11.8 Å². The molecule has 0 saturated heterocycles. The minimum absolute atomic E-state index is 0.170. The van der Waals surface area contributed by atoms with Gasteiger partial charge in [-0.25, -0.2) is 19.2 Å². The summed E-state index contributed by atoms with van der Waals surface area (Å²) in [6.07, 6.45) is 3.55. The maximum atomic E-state index is 13.7. The van der Waals surface area contributed by atoms with Gasteiger partial charge in [-0.2, -0.15) is 13.2 Å². The number of aliphatic carboxylic acids is 2. The molecule has 0 spiro atoms. The van der Waals surface area contributed by atoms with E-state index in [-0.39, 0.29) is 24.7 Å². The van der Waals surface area contributed by atoms with Crippen molar-refractivity contribution in [1.29, 1.82) is 0 Å². The van der Waals surface area contributed by atoms with E-state index in [1.165, 1.54) is 7.11 Å². The van der Waals surface area contributed by atoms with E-state index in [9.17, 15) is 42.3 Å². The zero-order chi connectivity index (χ0) is 39.7. The summed E-state index contributed by atoms with van der Waals surface area (Å²) in [6.45, 7) is 3.95. The van der Waals surface area contributed by atoms with Crippen molar-refractivity contribution in [3.63, 3.8) is 0 Å². The van der Waals surface area contributed by atoms with E-state index in [2.05, 4.69) is 26.3 Å². The predicted octanol–water partition coefficient (Wildman–Crippen LogP) is 3.36. The Hall–Kier alpha value is -4.87. The minimum Gasteiger partial charge on any atom is -0.480 e. The number of benzene rings is 1. The molecule has 4 atom stereocenters. The quantitative estimate of drug-likeness (QED) is 0.0865. The second kappa shape index (κ2) is 21.6. The molecule has 3 rings (SSSR count). The van der Waals surface area contributed by atoms with Crippen LogP contribution in [0.4, 0.5) is 18.0 Å². The number of para-hydroxylation sites is 1. The highest BCUT2D eigenvalue weighted by Crippen LogP contribution is 2.27. The number of methoxy groups -OCH3 is 1. The first-order valence-corrected chi connectivity index (χ1v) is 17.5. The van der Waals surface area contributed by atoms with Crippen LogP contribution in [0.3, 0.4) is 0 Å². The highest BCUT2D eigenvalue weighted by molar-refractivity contribution is 5.94. The molecule has 1 aromatic carbocycles. The number of alkyl halides is 3. The Morgan fingerprint density at radius 3 is 2.09 bits per heavy atom. The first kappa shape index (κ1) is 44.3. The van der Waals surface area contributed by atoms with Crippen molar-refractivity contribution in [2.45, 2.75) is 108 Å². The topological polar surface area (TPSA) is 242 Å². The number of rotatable bonds is 17. The van der Waals surface area contributed by atoms with Crippen LogP contribution in [0.2, 0.25) is 0 Å². The van der Waals surface area contributed by atoms with Gasteiger partial charge >= 0.3 is 30.1 Å². The second-order valence-electron chi connectivity index (χ2n) is 13.3. The van der Waals surface area contributed by atoms with Crippen LogP contribution in [-0.4, -0.2) is 94.9 Å². The number of carboxylic acid groups (broad SMARTS) is 2. The Kier molecular flexibility index (Phi) is 18.1. The second-order valence-corrected chi connectivity index (χ2v) is 13.3. The van der Waals surface area contributed by atoms with E-state index in [0.29, 0.717) is 25.8 Å². The molecular weight excluding hydrogens is 705 g/mol. The number of aromatic nitrogens is 1. The molecule has 1 aromatic heterocycles. The summed E-state index contributed by atoms with van der Waals surface area (Å²) in [5.41, 5.74) is 7.23. The predicted molar refractivity (Wildman–Crippen MR) is 187 cm³/mol. The standard InChI is InChI=1S/C33H50N6O7.C2HF3O2/c1-20(2)28(30(41)36-27(32(44)46-3)18-22-19-35-24-14-8-7-13-23(22)24)39-29(40)26(17-21-11-5-4-6-12-21)38-33(45)37-25(31(42)43)15-9-10-16-34;3-2(4,5)1(6)7/h7-8,13-14,19-21,25-28,35H,4-6,9-12,15-18,34H2,1-3H3,(H,36,41)(H,39,40)(H,42,43)(H2,37,38,45);(H,6,7)/t25-,26+,27-,28-;/m0./s1. The number of amides is 4. The molecular formula is C35H51F3N6O9. The van der Waals surface area contributed by atoms with Crippen molar-refractivity contribution < 1.29 is 56.9 Å². The summed E-state index contributed by atoms with van der Waals surface area (Å²) in [5.74, 6) is -5.85. The van der Waals surface area contributed by atoms with E-state index in [1.807, 2.05) is 24.3 Å². The van der Waals surface area contributed by atoms with Gasteiger partial charge in [0.2, 0.25) is 11.8 Å². The fraction of sp³-hybridized carbons (Fsp3) is 0.600. The Labute approximate surface area is 305 Å². The summed E-state index contributed by atoms with van der Waals surface area (Å²) in [6, 6.07) is 2.67. The molecule has 0 unspecified atom stereocenters. The summed E-state index contributed by atoms with van der Waals surface area (Å²) >= 11 is 0. The lowest BCUT2D eigenvalue weighted by Gasteiger charge is -2.30. The van der Waals surface area contributed by atoms with Crippen LogP contribution in [-0.2, 0) is 35.1 Å². The minimum atomic E-state index is -5.08. The van der Waals surface area contributed by atoms with Gasteiger partial charge in [-0.3, -0.25) is 9.59 Å². The monoisotopic (exact) mass is 756 g/mol. The number of ether oxygens (including phenoxy) is 1. The third-order valence-corrected chi connectivity index (χ3v) is 8.86. The van der Waals surface area contributed by atoms with Gasteiger partial charge in [0.15, 0.2) is 0 Å². The van der Waals surface area contributed by atoms with Crippen molar-refractivity contribution >= 4 is 46.7 Å². The number of nitrogens with two attached hydrogens (primary N) is 1. The average Bonchev–Trinajstić information content (AvgIpc) is 3.51. The third-order valence-electron chi connectivity index (χ3n) is 8.86. The average molecular weight is 757 g/mol. The van der Waals surface area contributed by atoms with Crippen molar-refractivity contribution in [1.82, 2.24) is 26.3 Å². The number of hydrogen-bond acceptors (Lipinski definition) is 8. The largest absolute Gasteiger partial charge is 0.490 e. The number of fused-ring (bicyclic) bond motifs is 1. The number of nitrogens with one attached hydrogen (secondary N) is 5. The highest BCUT2D eigenvalue weighted by atomic mass is 19.4. The van der Waals surface area contributed by atoms with Crippen LogP contribution >= 0.6 is 0 Å². The molecule has 1 saturated carbocycles. The van der Waals surface area contributed by atoms with Crippen LogP contribution in [0.5, 0.6) is 0 Å². The zero-order valence-electron chi connectivity index (χ0n) is 30.1. The molecule has 1 fully saturated rings. The molecule has 296 valence electrons. The molecule has 2 aromatic rings. The summed E-state index contributed by atoms with van der Waals surface area (Å²) < 4.78 is 36.7. The van der Waals surface area contributed by atoms with Crippen LogP contribution in [0.15, 0.2) is 30.5 Å². The number of carbonyl (C=O) groups excluding carboxylic acids is 4. The molecule has 53 heavy (non-hydrogen) atoms. The molecule has 15 nitrogen and oxygen atoms in total. The Morgan fingerprint density at radius 1 is 0.906 bits per heavy atom. The third kappa shape index (κ3) is 14.9. The first-order valence-electron chi connectivity index (χ1n) is 17.5. The van der Waals surface area contributed by atoms with Gasteiger partial charge in [-0.05, 0) is 55.7 Å². The summed E-state index contributed by atoms with van der Waals surface area (Å²) in [7, 11) is 1.25. The number of urea groups is 1. The number of halogens is 3. The van der Waals surface area contributed by atoms with Gasteiger partial charge < -0.3 is 46.9 Å². The van der Waals surface area contributed by atoms with Gasteiger partial charge in [0.05, 0.1) is 7.11 Å². The van der Waals surface area contributed by atoms with Crippen molar-refractivity contribution in [3.05, 3.63) is 36.0 Å². The normalized spacial score (nSPS) is 15.5. The van der Waals surface area contributed by atoms with Crippen molar-refractivity contribution in [2.24, 2.45) is 17.6 Å². The van der Waals surface area contributed by atoms with Gasteiger partial charge in [-0.1, -0.05) is 64.2 Å². The number of carbonyl (C=O) groups is 6.